The number of likely N-dealkylation sites (N-methyl/N-ethyl adjacent to an activating group) is 1. The third-order valence-electron chi connectivity index (χ3n) is 3.37. The molecule has 0 aromatic carbocycles. The number of allylic oxidation sites excluding steroid dienone is 2. The van der Waals surface area contributed by atoms with Crippen LogP contribution in [0.1, 0.15) is 25.7 Å². The van der Waals surface area contributed by atoms with Gasteiger partial charge in [0, 0.05) is 25.6 Å². The largest absolute Gasteiger partial charge is 0.342 e. The number of carbonyl (C=O) groups is 2. The molecule has 0 unspecified atom stereocenters. The van der Waals surface area contributed by atoms with Gasteiger partial charge in [0.05, 0.1) is 0 Å². The highest BCUT2D eigenvalue weighted by Gasteiger charge is 2.22. The zero-order valence-corrected chi connectivity index (χ0v) is 10.5. The Morgan fingerprint density at radius 3 is 2.53 bits per heavy atom. The van der Waals surface area contributed by atoms with Gasteiger partial charge in [-0.25, -0.2) is 0 Å². The van der Waals surface area contributed by atoms with Crippen LogP contribution in [0.3, 0.4) is 0 Å². The summed E-state index contributed by atoms with van der Waals surface area (Å²) in [7, 11) is 1.82. The van der Waals surface area contributed by atoms with E-state index in [0.29, 0.717) is 5.92 Å². The SMILES string of the molecule is C=C/C=C\C(=O)N(C)CC1CCC(C=O)CC1. The molecule has 1 amide bonds. The molecule has 0 aromatic rings. The number of nitrogens with zero attached hydrogens (tertiary/aromatic N) is 1. The van der Waals surface area contributed by atoms with Gasteiger partial charge >= 0.3 is 0 Å². The third-order valence-corrected chi connectivity index (χ3v) is 3.37. The topological polar surface area (TPSA) is 37.4 Å². The van der Waals surface area contributed by atoms with Crippen LogP contribution in [-0.4, -0.2) is 30.7 Å². The van der Waals surface area contributed by atoms with E-state index in [2.05, 4.69) is 6.58 Å². The first-order valence-electron chi connectivity index (χ1n) is 6.17. The summed E-state index contributed by atoms with van der Waals surface area (Å²) in [6, 6.07) is 0. The smallest absolute Gasteiger partial charge is 0.246 e. The van der Waals surface area contributed by atoms with E-state index in [1.807, 2.05) is 7.05 Å². The molecule has 1 saturated carbocycles. The number of carbonyl (C=O) groups excluding carboxylic acids is 2. The minimum atomic E-state index is 0.0161. The summed E-state index contributed by atoms with van der Waals surface area (Å²) in [6.07, 6.45) is 9.89. The van der Waals surface area contributed by atoms with E-state index >= 15 is 0 Å². The molecular weight excluding hydrogens is 214 g/mol. The highest BCUT2D eigenvalue weighted by Crippen LogP contribution is 2.27. The van der Waals surface area contributed by atoms with Gasteiger partial charge in [0.1, 0.15) is 6.29 Å². The van der Waals surface area contributed by atoms with Crippen molar-refractivity contribution in [2.24, 2.45) is 11.8 Å². The zero-order chi connectivity index (χ0) is 12.7. The fraction of sp³-hybridized carbons (Fsp3) is 0.571. The second-order valence-electron chi connectivity index (χ2n) is 4.73. The van der Waals surface area contributed by atoms with Crippen molar-refractivity contribution >= 4 is 12.2 Å². The molecule has 1 rings (SSSR count). The summed E-state index contributed by atoms with van der Waals surface area (Å²) in [5, 5.41) is 0. The van der Waals surface area contributed by atoms with Crippen LogP contribution in [0.5, 0.6) is 0 Å². The summed E-state index contributed by atoms with van der Waals surface area (Å²) in [6.45, 7) is 4.32. The summed E-state index contributed by atoms with van der Waals surface area (Å²) in [5.41, 5.74) is 0. The van der Waals surface area contributed by atoms with Crippen LogP contribution in [0.25, 0.3) is 0 Å². The van der Waals surface area contributed by atoms with Gasteiger partial charge < -0.3 is 9.69 Å². The van der Waals surface area contributed by atoms with Gasteiger partial charge in [0.15, 0.2) is 0 Å². The molecule has 1 aliphatic rings. The van der Waals surface area contributed by atoms with Gasteiger partial charge in [0.25, 0.3) is 0 Å². The Bertz CT molecular complexity index is 301. The Kier molecular flexibility index (Phi) is 5.67. The molecule has 0 atom stereocenters. The molecular formula is C14H21NO2. The lowest BCUT2D eigenvalue weighted by molar-refractivity contribution is -0.125. The van der Waals surface area contributed by atoms with Crippen LogP contribution in [0.4, 0.5) is 0 Å². The van der Waals surface area contributed by atoms with Crippen molar-refractivity contribution in [1.82, 2.24) is 4.90 Å². The maximum atomic E-state index is 11.6. The number of hydrogen-bond donors (Lipinski definition) is 0. The standard InChI is InChI=1S/C14H21NO2/c1-3-4-5-14(17)15(2)10-12-6-8-13(11-16)9-7-12/h3-5,11-13H,1,6-10H2,2H3/b5-4-. The first kappa shape index (κ1) is 13.7. The molecule has 0 radical (unpaired) electrons. The molecule has 0 heterocycles. The Morgan fingerprint density at radius 1 is 1.35 bits per heavy atom. The number of rotatable bonds is 5. The maximum absolute atomic E-state index is 11.6. The predicted octanol–water partition coefficient (Wildman–Crippen LogP) is 2.19. The molecule has 3 nitrogen and oxygen atoms in total. The van der Waals surface area contributed by atoms with Crippen molar-refractivity contribution < 1.29 is 9.59 Å². The summed E-state index contributed by atoms with van der Waals surface area (Å²) in [4.78, 5) is 24.0. The fourth-order valence-electron chi connectivity index (χ4n) is 2.26. The Balaban J connectivity index is 2.34. The predicted molar refractivity (Wildman–Crippen MR) is 68.5 cm³/mol. The van der Waals surface area contributed by atoms with E-state index in [-0.39, 0.29) is 11.8 Å². The molecule has 0 saturated heterocycles. The molecule has 94 valence electrons. The lowest BCUT2D eigenvalue weighted by atomic mass is 9.82. The number of aldehydes is 1. The van der Waals surface area contributed by atoms with Gasteiger partial charge in [-0.3, -0.25) is 4.79 Å². The van der Waals surface area contributed by atoms with Crippen molar-refractivity contribution in [2.75, 3.05) is 13.6 Å². The highest BCUT2D eigenvalue weighted by atomic mass is 16.2. The molecule has 0 aromatic heterocycles. The number of amides is 1. The van der Waals surface area contributed by atoms with Crippen molar-refractivity contribution in [3.8, 4) is 0 Å². The average molecular weight is 235 g/mol. The molecule has 0 spiro atoms. The van der Waals surface area contributed by atoms with Crippen LogP contribution >= 0.6 is 0 Å². The van der Waals surface area contributed by atoms with Crippen LogP contribution in [0.15, 0.2) is 24.8 Å². The molecule has 17 heavy (non-hydrogen) atoms. The van der Waals surface area contributed by atoms with E-state index in [4.69, 9.17) is 0 Å². The third kappa shape index (κ3) is 4.55. The summed E-state index contributed by atoms with van der Waals surface area (Å²) >= 11 is 0. The highest BCUT2D eigenvalue weighted by molar-refractivity contribution is 5.87. The lowest BCUT2D eigenvalue weighted by Crippen LogP contribution is -2.32. The zero-order valence-electron chi connectivity index (χ0n) is 10.5. The normalized spacial score (nSPS) is 24.5. The Hall–Kier alpha value is -1.38. The number of hydrogen-bond acceptors (Lipinski definition) is 2. The molecule has 0 aliphatic heterocycles. The molecule has 0 bridgehead atoms. The van der Waals surface area contributed by atoms with E-state index in [1.165, 1.54) is 6.08 Å². The first-order valence-corrected chi connectivity index (χ1v) is 6.17. The van der Waals surface area contributed by atoms with E-state index in [9.17, 15) is 9.59 Å². The van der Waals surface area contributed by atoms with Crippen molar-refractivity contribution in [3.05, 3.63) is 24.8 Å². The van der Waals surface area contributed by atoms with Crippen LogP contribution in [0.2, 0.25) is 0 Å². The average Bonchev–Trinajstić information content (AvgIpc) is 2.36. The van der Waals surface area contributed by atoms with Crippen molar-refractivity contribution in [1.29, 1.82) is 0 Å². The van der Waals surface area contributed by atoms with Gasteiger partial charge in [0.2, 0.25) is 5.91 Å². The van der Waals surface area contributed by atoms with Gasteiger partial charge in [-0.15, -0.1) is 0 Å². The van der Waals surface area contributed by atoms with Crippen LogP contribution in [0, 0.1) is 11.8 Å². The molecule has 0 N–H and O–H groups in total. The minimum absolute atomic E-state index is 0.0161. The van der Waals surface area contributed by atoms with Gasteiger partial charge in [-0.05, 0) is 31.6 Å². The lowest BCUT2D eigenvalue weighted by Gasteiger charge is -2.28. The summed E-state index contributed by atoms with van der Waals surface area (Å²) in [5.74, 6) is 0.799. The fourth-order valence-corrected chi connectivity index (χ4v) is 2.26. The monoisotopic (exact) mass is 235 g/mol. The Morgan fingerprint density at radius 2 is 2.00 bits per heavy atom. The van der Waals surface area contributed by atoms with Crippen molar-refractivity contribution in [3.63, 3.8) is 0 Å². The van der Waals surface area contributed by atoms with Gasteiger partial charge in [-0.2, -0.15) is 0 Å². The van der Waals surface area contributed by atoms with E-state index in [0.717, 1.165) is 38.5 Å². The Labute approximate surface area is 103 Å². The minimum Gasteiger partial charge on any atom is -0.342 e. The quantitative estimate of drug-likeness (QED) is 0.416. The molecule has 3 heteroatoms. The van der Waals surface area contributed by atoms with Crippen LogP contribution < -0.4 is 0 Å². The van der Waals surface area contributed by atoms with Gasteiger partial charge in [-0.1, -0.05) is 18.7 Å². The summed E-state index contributed by atoms with van der Waals surface area (Å²) < 4.78 is 0. The van der Waals surface area contributed by atoms with Crippen LogP contribution in [-0.2, 0) is 9.59 Å². The second kappa shape index (κ2) is 7.05. The second-order valence-corrected chi connectivity index (χ2v) is 4.73. The van der Waals surface area contributed by atoms with E-state index < -0.39 is 0 Å². The first-order chi connectivity index (χ1) is 8.17. The maximum Gasteiger partial charge on any atom is 0.246 e. The van der Waals surface area contributed by atoms with E-state index in [1.54, 1.807) is 17.1 Å². The molecule has 1 fully saturated rings. The molecule has 1 aliphatic carbocycles. The van der Waals surface area contributed by atoms with Crippen molar-refractivity contribution in [2.45, 2.75) is 25.7 Å².